The third kappa shape index (κ3) is 5.06. The second-order valence-electron chi connectivity index (χ2n) is 7.58. The van der Waals surface area contributed by atoms with E-state index in [1.165, 1.54) is 5.56 Å². The first-order valence-electron chi connectivity index (χ1n) is 10.2. The molecule has 6 heteroatoms. The van der Waals surface area contributed by atoms with Crippen molar-refractivity contribution in [3.8, 4) is 5.75 Å². The Labute approximate surface area is 176 Å². The minimum Gasteiger partial charge on any atom is -0.482 e. The van der Waals surface area contributed by atoms with E-state index in [4.69, 9.17) is 9.47 Å². The van der Waals surface area contributed by atoms with Crippen LogP contribution in [0, 0.1) is 0 Å². The minimum absolute atomic E-state index is 0.0328. The molecule has 0 spiro atoms. The van der Waals surface area contributed by atoms with Gasteiger partial charge in [0.2, 0.25) is 0 Å². The number of Topliss-reactive ketones (excluding diaryl/α,β-unsaturated/α-hetero) is 1. The van der Waals surface area contributed by atoms with Crippen molar-refractivity contribution >= 4 is 23.3 Å². The molecule has 158 valence electrons. The van der Waals surface area contributed by atoms with Crippen molar-refractivity contribution in [3.63, 3.8) is 0 Å². The largest absolute Gasteiger partial charge is 0.482 e. The Balaban J connectivity index is 1.79. The lowest BCUT2D eigenvalue weighted by atomic mass is 10.0. The van der Waals surface area contributed by atoms with E-state index in [2.05, 4.69) is 26.0 Å². The molecule has 1 aliphatic rings. The van der Waals surface area contributed by atoms with Gasteiger partial charge in [-0.2, -0.15) is 0 Å². The van der Waals surface area contributed by atoms with Gasteiger partial charge in [0.1, 0.15) is 5.75 Å². The summed E-state index contributed by atoms with van der Waals surface area (Å²) in [5.74, 6) is 0.272. The first kappa shape index (κ1) is 21.6. The summed E-state index contributed by atoms with van der Waals surface area (Å²) in [5, 5.41) is 0. The van der Waals surface area contributed by atoms with Gasteiger partial charge in [0.15, 0.2) is 12.4 Å². The summed E-state index contributed by atoms with van der Waals surface area (Å²) in [6, 6.07) is 13.2. The number of rotatable bonds is 8. The number of fused-ring (bicyclic) bond motifs is 1. The van der Waals surface area contributed by atoms with Crippen molar-refractivity contribution in [2.45, 2.75) is 46.1 Å². The SMILES string of the molecule is CCOC(=O)CCC(=O)c1ccc2c(c1)N(Cc1ccc(C(C)C)cc1)C(=O)CO2. The van der Waals surface area contributed by atoms with Gasteiger partial charge in [0.25, 0.3) is 5.91 Å². The highest BCUT2D eigenvalue weighted by Gasteiger charge is 2.27. The molecular weight excluding hydrogens is 382 g/mol. The lowest BCUT2D eigenvalue weighted by molar-refractivity contribution is -0.143. The van der Waals surface area contributed by atoms with E-state index in [1.54, 1.807) is 30.0 Å². The summed E-state index contributed by atoms with van der Waals surface area (Å²) >= 11 is 0. The summed E-state index contributed by atoms with van der Waals surface area (Å²) in [7, 11) is 0. The van der Waals surface area contributed by atoms with Gasteiger partial charge in [-0.3, -0.25) is 14.4 Å². The maximum absolute atomic E-state index is 12.6. The Bertz CT molecular complexity index is 933. The van der Waals surface area contributed by atoms with Crippen LogP contribution in [0.5, 0.6) is 5.75 Å². The molecule has 0 N–H and O–H groups in total. The van der Waals surface area contributed by atoms with Gasteiger partial charge >= 0.3 is 5.97 Å². The van der Waals surface area contributed by atoms with Gasteiger partial charge in [-0.15, -0.1) is 0 Å². The van der Waals surface area contributed by atoms with E-state index in [-0.39, 0.29) is 31.1 Å². The van der Waals surface area contributed by atoms with Gasteiger partial charge in [-0.25, -0.2) is 0 Å². The van der Waals surface area contributed by atoms with Crippen molar-refractivity contribution in [1.29, 1.82) is 0 Å². The highest BCUT2D eigenvalue weighted by molar-refractivity contribution is 6.02. The normalized spacial score (nSPS) is 13.1. The van der Waals surface area contributed by atoms with Crippen LogP contribution in [0.2, 0.25) is 0 Å². The highest BCUT2D eigenvalue weighted by Crippen LogP contribution is 2.34. The fourth-order valence-corrected chi connectivity index (χ4v) is 3.33. The third-order valence-corrected chi connectivity index (χ3v) is 5.07. The second kappa shape index (κ2) is 9.57. The van der Waals surface area contributed by atoms with E-state index in [9.17, 15) is 14.4 Å². The molecule has 0 radical (unpaired) electrons. The highest BCUT2D eigenvalue weighted by atomic mass is 16.5. The number of ketones is 1. The average molecular weight is 409 g/mol. The Morgan fingerprint density at radius 3 is 2.50 bits per heavy atom. The first-order chi connectivity index (χ1) is 14.4. The van der Waals surface area contributed by atoms with Crippen LogP contribution in [0.3, 0.4) is 0 Å². The number of anilines is 1. The smallest absolute Gasteiger partial charge is 0.306 e. The fraction of sp³-hybridized carbons (Fsp3) is 0.375. The van der Waals surface area contributed by atoms with Crippen LogP contribution >= 0.6 is 0 Å². The zero-order valence-corrected chi connectivity index (χ0v) is 17.6. The number of ether oxygens (including phenoxy) is 2. The number of hydrogen-bond donors (Lipinski definition) is 0. The van der Waals surface area contributed by atoms with Crippen LogP contribution < -0.4 is 9.64 Å². The molecule has 1 aliphatic heterocycles. The van der Waals surface area contributed by atoms with Gasteiger partial charge in [0.05, 0.1) is 25.3 Å². The quantitative estimate of drug-likeness (QED) is 0.481. The molecule has 3 rings (SSSR count). The van der Waals surface area contributed by atoms with Gasteiger partial charge in [-0.05, 0) is 42.2 Å². The van der Waals surface area contributed by atoms with Crippen LogP contribution in [0.15, 0.2) is 42.5 Å². The topological polar surface area (TPSA) is 72.9 Å². The Kier molecular flexibility index (Phi) is 6.87. The summed E-state index contributed by atoms with van der Waals surface area (Å²) in [5.41, 5.74) is 3.25. The van der Waals surface area contributed by atoms with E-state index < -0.39 is 5.97 Å². The molecule has 0 unspecified atom stereocenters. The zero-order valence-electron chi connectivity index (χ0n) is 17.6. The van der Waals surface area contributed by atoms with Crippen LogP contribution in [0.4, 0.5) is 5.69 Å². The number of benzene rings is 2. The predicted octanol–water partition coefficient (Wildman–Crippen LogP) is 4.26. The van der Waals surface area contributed by atoms with E-state index >= 15 is 0 Å². The summed E-state index contributed by atoms with van der Waals surface area (Å²) in [6.07, 6.45) is 0.0915. The summed E-state index contributed by atoms with van der Waals surface area (Å²) in [6.45, 7) is 6.65. The lowest BCUT2D eigenvalue weighted by Gasteiger charge is -2.30. The molecule has 2 aromatic carbocycles. The van der Waals surface area contributed by atoms with E-state index in [0.717, 1.165) is 5.56 Å². The van der Waals surface area contributed by atoms with E-state index in [1.807, 2.05) is 12.1 Å². The number of carbonyl (C=O) groups is 3. The van der Waals surface area contributed by atoms with Crippen molar-refractivity contribution in [2.75, 3.05) is 18.1 Å². The van der Waals surface area contributed by atoms with Crippen LogP contribution in [0.1, 0.15) is 61.0 Å². The summed E-state index contributed by atoms with van der Waals surface area (Å²) in [4.78, 5) is 38.3. The Morgan fingerprint density at radius 2 is 1.83 bits per heavy atom. The maximum Gasteiger partial charge on any atom is 0.306 e. The second-order valence-corrected chi connectivity index (χ2v) is 7.58. The molecule has 6 nitrogen and oxygen atoms in total. The standard InChI is InChI=1S/C24H27NO5/c1-4-29-24(28)12-10-21(26)19-9-11-22-20(13-19)25(23(27)15-30-22)14-17-5-7-18(8-6-17)16(2)3/h5-9,11,13,16H,4,10,12,14-15H2,1-3H3. The number of nitrogens with zero attached hydrogens (tertiary/aromatic N) is 1. The predicted molar refractivity (Wildman–Crippen MR) is 114 cm³/mol. The molecule has 0 atom stereocenters. The van der Waals surface area contributed by atoms with Gasteiger partial charge in [0, 0.05) is 12.0 Å². The van der Waals surface area contributed by atoms with Crippen LogP contribution in [0.25, 0.3) is 0 Å². The average Bonchev–Trinajstić information content (AvgIpc) is 2.74. The molecule has 0 saturated carbocycles. The maximum atomic E-state index is 12.6. The lowest BCUT2D eigenvalue weighted by Crippen LogP contribution is -2.38. The van der Waals surface area contributed by atoms with Crippen LogP contribution in [-0.4, -0.2) is 30.9 Å². The Hall–Kier alpha value is -3.15. The molecular formula is C24H27NO5. The van der Waals surface area contributed by atoms with E-state index in [0.29, 0.717) is 36.1 Å². The first-order valence-corrected chi connectivity index (χ1v) is 10.2. The fourth-order valence-electron chi connectivity index (χ4n) is 3.33. The van der Waals surface area contributed by atoms with Gasteiger partial charge < -0.3 is 14.4 Å². The van der Waals surface area contributed by atoms with Crippen molar-refractivity contribution in [1.82, 2.24) is 0 Å². The molecule has 30 heavy (non-hydrogen) atoms. The van der Waals surface area contributed by atoms with Crippen molar-refractivity contribution < 1.29 is 23.9 Å². The van der Waals surface area contributed by atoms with Gasteiger partial charge in [-0.1, -0.05) is 38.1 Å². The molecule has 0 saturated heterocycles. The molecule has 0 aromatic heterocycles. The molecule has 1 heterocycles. The van der Waals surface area contributed by atoms with Crippen molar-refractivity contribution in [2.24, 2.45) is 0 Å². The minimum atomic E-state index is -0.395. The monoisotopic (exact) mass is 409 g/mol. The molecule has 0 aliphatic carbocycles. The number of hydrogen-bond acceptors (Lipinski definition) is 5. The summed E-state index contributed by atoms with van der Waals surface area (Å²) < 4.78 is 10.4. The number of carbonyl (C=O) groups excluding carboxylic acids is 3. The zero-order chi connectivity index (χ0) is 21.7. The number of amides is 1. The molecule has 0 bridgehead atoms. The Morgan fingerprint density at radius 1 is 1.10 bits per heavy atom. The third-order valence-electron chi connectivity index (χ3n) is 5.07. The molecule has 1 amide bonds. The molecule has 2 aromatic rings. The molecule has 0 fully saturated rings. The van der Waals surface area contributed by atoms with Crippen LogP contribution in [-0.2, 0) is 20.9 Å². The number of esters is 1. The van der Waals surface area contributed by atoms with Crippen molar-refractivity contribution in [3.05, 3.63) is 59.2 Å².